The summed E-state index contributed by atoms with van der Waals surface area (Å²) in [7, 11) is 0. The molecule has 0 aromatic carbocycles. The average molecular weight is 370 g/mol. The van der Waals surface area contributed by atoms with Gasteiger partial charge in [-0.3, -0.25) is 4.79 Å². The highest BCUT2D eigenvalue weighted by Gasteiger charge is 2.45. The standard InChI is InChI=1S/C13H22O12/c14-2-5(23-9(19)1-8(17)18)6(3-15)24-13-12(22)11(21)10(20)7(4-16)25-13/h3,5-7,9-14,16,19-22H,1-2,4H2,(H,17,18)/t5-,6+,7-,9+,10-,11+,12-,13+/m1/s1. The fraction of sp³-hybridized carbons (Fsp3) is 0.846. The molecule has 0 aromatic rings. The minimum Gasteiger partial charge on any atom is -0.481 e. The van der Waals surface area contributed by atoms with Gasteiger partial charge in [-0.05, 0) is 0 Å². The summed E-state index contributed by atoms with van der Waals surface area (Å²) in [5.74, 6) is -1.39. The summed E-state index contributed by atoms with van der Waals surface area (Å²) in [5, 5.41) is 65.4. The van der Waals surface area contributed by atoms with Gasteiger partial charge < -0.3 is 54.8 Å². The number of hydrogen-bond acceptors (Lipinski definition) is 11. The quantitative estimate of drug-likeness (QED) is 0.144. The van der Waals surface area contributed by atoms with Crippen LogP contribution >= 0.6 is 0 Å². The normalized spacial score (nSPS) is 33.4. The fourth-order valence-electron chi connectivity index (χ4n) is 2.17. The van der Waals surface area contributed by atoms with Crippen molar-refractivity contribution in [3.8, 4) is 0 Å². The van der Waals surface area contributed by atoms with E-state index in [1.165, 1.54) is 0 Å². The minimum absolute atomic E-state index is 0.149. The smallest absolute Gasteiger partial charge is 0.308 e. The Morgan fingerprint density at radius 3 is 2.28 bits per heavy atom. The van der Waals surface area contributed by atoms with E-state index in [0.29, 0.717) is 0 Å². The summed E-state index contributed by atoms with van der Waals surface area (Å²) in [6, 6.07) is 0. The molecule has 1 aliphatic rings. The molecule has 1 aliphatic heterocycles. The molecular weight excluding hydrogens is 348 g/mol. The Labute approximate surface area is 141 Å². The molecule has 0 saturated carbocycles. The molecule has 12 heteroatoms. The lowest BCUT2D eigenvalue weighted by Crippen LogP contribution is -2.60. The molecule has 7 N–H and O–H groups in total. The lowest BCUT2D eigenvalue weighted by atomic mass is 9.99. The number of aliphatic carboxylic acids is 1. The second-order valence-electron chi connectivity index (χ2n) is 5.34. The first-order valence-electron chi connectivity index (χ1n) is 7.32. The Morgan fingerprint density at radius 1 is 1.16 bits per heavy atom. The Hall–Kier alpha value is -1.22. The summed E-state index contributed by atoms with van der Waals surface area (Å²) in [4.78, 5) is 21.7. The van der Waals surface area contributed by atoms with E-state index in [0.717, 1.165) is 0 Å². The minimum atomic E-state index is -1.84. The van der Waals surface area contributed by atoms with Crippen molar-refractivity contribution < 1.29 is 59.5 Å². The second-order valence-corrected chi connectivity index (χ2v) is 5.34. The Morgan fingerprint density at radius 2 is 1.80 bits per heavy atom. The van der Waals surface area contributed by atoms with Gasteiger partial charge in [-0.15, -0.1) is 0 Å². The first-order chi connectivity index (χ1) is 11.7. The van der Waals surface area contributed by atoms with Crippen molar-refractivity contribution in [2.45, 2.75) is 55.6 Å². The van der Waals surface area contributed by atoms with Crippen LogP contribution < -0.4 is 0 Å². The van der Waals surface area contributed by atoms with Gasteiger partial charge in [-0.25, -0.2) is 0 Å². The molecule has 1 heterocycles. The SMILES string of the molecule is O=C[C@H](O[C@H]1O[C@H](CO)[C@@H](O)[C@H](O)[C@H]1O)[C@@H](CO)O[C@H](O)CC(=O)O. The summed E-state index contributed by atoms with van der Waals surface area (Å²) in [6.45, 7) is -1.56. The number of carboxylic acid groups (broad SMARTS) is 1. The number of carbonyl (C=O) groups is 2. The molecule has 25 heavy (non-hydrogen) atoms. The molecule has 0 aliphatic carbocycles. The van der Waals surface area contributed by atoms with E-state index in [2.05, 4.69) is 0 Å². The van der Waals surface area contributed by atoms with Crippen molar-refractivity contribution in [1.82, 2.24) is 0 Å². The number of ether oxygens (including phenoxy) is 3. The maximum atomic E-state index is 11.2. The first-order valence-corrected chi connectivity index (χ1v) is 7.32. The highest BCUT2D eigenvalue weighted by atomic mass is 16.7. The fourth-order valence-corrected chi connectivity index (χ4v) is 2.17. The average Bonchev–Trinajstić information content (AvgIpc) is 2.56. The third kappa shape index (κ3) is 5.91. The summed E-state index contributed by atoms with van der Waals surface area (Å²) < 4.78 is 15.0. The first kappa shape index (κ1) is 21.8. The zero-order valence-corrected chi connectivity index (χ0v) is 13.0. The molecular formula is C13H22O12. The topological polar surface area (TPSA) is 203 Å². The molecule has 12 nitrogen and oxygen atoms in total. The third-order valence-corrected chi connectivity index (χ3v) is 3.50. The molecule has 0 bridgehead atoms. The van der Waals surface area contributed by atoms with Gasteiger partial charge in [0.25, 0.3) is 0 Å². The second kappa shape index (κ2) is 10.1. The van der Waals surface area contributed by atoms with Crippen molar-refractivity contribution in [3.63, 3.8) is 0 Å². The molecule has 1 rings (SSSR count). The van der Waals surface area contributed by atoms with Crippen LogP contribution in [0.5, 0.6) is 0 Å². The van der Waals surface area contributed by atoms with E-state index in [1.54, 1.807) is 0 Å². The monoisotopic (exact) mass is 370 g/mol. The molecule has 0 amide bonds. The lowest BCUT2D eigenvalue weighted by molar-refractivity contribution is -0.317. The maximum Gasteiger partial charge on any atom is 0.308 e. The highest BCUT2D eigenvalue weighted by molar-refractivity contribution is 5.67. The van der Waals surface area contributed by atoms with Gasteiger partial charge in [-0.1, -0.05) is 0 Å². The summed E-state index contributed by atoms with van der Waals surface area (Å²) in [6.07, 6.45) is -13.7. The zero-order chi connectivity index (χ0) is 19.1. The molecule has 1 saturated heterocycles. The predicted molar refractivity (Wildman–Crippen MR) is 74.9 cm³/mol. The van der Waals surface area contributed by atoms with Crippen molar-refractivity contribution >= 4 is 12.3 Å². The molecule has 0 unspecified atom stereocenters. The summed E-state index contributed by atoms with van der Waals surface area (Å²) in [5.41, 5.74) is 0. The van der Waals surface area contributed by atoms with Crippen LogP contribution in [0.1, 0.15) is 6.42 Å². The van der Waals surface area contributed by atoms with Crippen LogP contribution in [0.3, 0.4) is 0 Å². The van der Waals surface area contributed by atoms with Gasteiger partial charge >= 0.3 is 5.97 Å². The van der Waals surface area contributed by atoms with Gasteiger partial charge in [0.05, 0.1) is 19.6 Å². The largest absolute Gasteiger partial charge is 0.481 e. The van der Waals surface area contributed by atoms with Crippen LogP contribution in [0.15, 0.2) is 0 Å². The molecule has 146 valence electrons. The predicted octanol–water partition coefficient (Wildman–Crippen LogP) is -4.46. The van der Waals surface area contributed by atoms with Gasteiger partial charge in [0.1, 0.15) is 36.6 Å². The number of aliphatic hydroxyl groups excluding tert-OH is 6. The molecule has 1 fully saturated rings. The van der Waals surface area contributed by atoms with Gasteiger partial charge in [-0.2, -0.15) is 0 Å². The van der Waals surface area contributed by atoms with Crippen LogP contribution in [-0.4, -0.2) is 110 Å². The van der Waals surface area contributed by atoms with E-state index in [-0.39, 0.29) is 6.29 Å². The van der Waals surface area contributed by atoms with E-state index in [9.17, 15) is 35.1 Å². The number of carboxylic acids is 1. The van der Waals surface area contributed by atoms with Gasteiger partial charge in [0.2, 0.25) is 0 Å². The lowest BCUT2D eigenvalue weighted by Gasteiger charge is -2.40. The molecule has 0 radical (unpaired) electrons. The zero-order valence-electron chi connectivity index (χ0n) is 13.0. The van der Waals surface area contributed by atoms with Crippen LogP contribution in [0.4, 0.5) is 0 Å². The number of carbonyl (C=O) groups excluding carboxylic acids is 1. The van der Waals surface area contributed by atoms with E-state index < -0.39 is 74.8 Å². The Kier molecular flexibility index (Phi) is 8.78. The number of rotatable bonds is 10. The summed E-state index contributed by atoms with van der Waals surface area (Å²) >= 11 is 0. The number of aldehydes is 1. The number of hydrogen-bond donors (Lipinski definition) is 7. The number of aliphatic hydroxyl groups is 6. The third-order valence-electron chi connectivity index (χ3n) is 3.50. The Balaban J connectivity index is 2.77. The highest BCUT2D eigenvalue weighted by Crippen LogP contribution is 2.23. The van der Waals surface area contributed by atoms with E-state index in [1.807, 2.05) is 0 Å². The van der Waals surface area contributed by atoms with Crippen LogP contribution in [0.25, 0.3) is 0 Å². The molecule has 0 aromatic heterocycles. The van der Waals surface area contributed by atoms with Crippen LogP contribution in [0.2, 0.25) is 0 Å². The van der Waals surface area contributed by atoms with Crippen molar-refractivity contribution in [1.29, 1.82) is 0 Å². The molecule has 0 spiro atoms. The van der Waals surface area contributed by atoms with Crippen molar-refractivity contribution in [2.24, 2.45) is 0 Å². The Bertz CT molecular complexity index is 429. The molecule has 8 atom stereocenters. The van der Waals surface area contributed by atoms with Gasteiger partial charge in [0.15, 0.2) is 18.9 Å². The van der Waals surface area contributed by atoms with Gasteiger partial charge in [0, 0.05) is 0 Å². The van der Waals surface area contributed by atoms with Crippen molar-refractivity contribution in [2.75, 3.05) is 13.2 Å². The van der Waals surface area contributed by atoms with E-state index >= 15 is 0 Å². The van der Waals surface area contributed by atoms with E-state index in [4.69, 9.17) is 24.4 Å². The maximum absolute atomic E-state index is 11.2. The van der Waals surface area contributed by atoms with Crippen molar-refractivity contribution in [3.05, 3.63) is 0 Å². The van der Waals surface area contributed by atoms with Crippen LogP contribution in [0, 0.1) is 0 Å². The van der Waals surface area contributed by atoms with Crippen LogP contribution in [-0.2, 0) is 23.8 Å².